The van der Waals surface area contributed by atoms with Crippen LogP contribution >= 0.6 is 23.2 Å². The van der Waals surface area contributed by atoms with E-state index < -0.39 is 0 Å². The number of amides is 2. The summed E-state index contributed by atoms with van der Waals surface area (Å²) in [7, 11) is 0. The molecule has 176 valence electrons. The fourth-order valence-corrected chi connectivity index (χ4v) is 4.56. The lowest BCUT2D eigenvalue weighted by Crippen LogP contribution is -2.52. The van der Waals surface area contributed by atoms with Crippen LogP contribution in [0.3, 0.4) is 0 Å². The Morgan fingerprint density at radius 3 is 2.31 bits per heavy atom. The smallest absolute Gasteiger partial charge is 0.291 e. The molecule has 1 fully saturated rings. The largest absolute Gasteiger partial charge is 0.431 e. The second-order valence-corrected chi connectivity index (χ2v) is 9.04. The van der Waals surface area contributed by atoms with Crippen LogP contribution in [0.2, 0.25) is 10.0 Å². The van der Waals surface area contributed by atoms with Crippen molar-refractivity contribution < 1.29 is 14.0 Å². The van der Waals surface area contributed by atoms with Crippen LogP contribution in [-0.4, -0.2) is 46.2 Å². The fraction of sp³-hybridized carbons (Fsp3) is 0.148. The molecule has 5 rings (SSSR count). The molecule has 0 aliphatic carbocycles. The van der Waals surface area contributed by atoms with Gasteiger partial charge in [0.05, 0.1) is 22.8 Å². The number of hydrogen-bond donors (Lipinski definition) is 0. The zero-order chi connectivity index (χ0) is 24.4. The van der Waals surface area contributed by atoms with Crippen molar-refractivity contribution in [2.24, 2.45) is 0 Å². The number of carbonyl (C=O) groups is 2. The van der Waals surface area contributed by atoms with E-state index in [-0.39, 0.29) is 30.2 Å². The van der Waals surface area contributed by atoms with Gasteiger partial charge in [-0.2, -0.15) is 0 Å². The Balaban J connectivity index is 1.42. The molecular weight excluding hydrogens is 485 g/mol. The molecule has 2 amide bonds. The number of piperazine rings is 1. The molecule has 0 N–H and O–H groups in total. The van der Waals surface area contributed by atoms with Gasteiger partial charge in [-0.1, -0.05) is 65.7 Å². The lowest BCUT2D eigenvalue weighted by Gasteiger charge is -2.41. The van der Waals surface area contributed by atoms with E-state index in [1.165, 1.54) is 6.20 Å². The van der Waals surface area contributed by atoms with E-state index >= 15 is 0 Å². The molecule has 4 aromatic rings. The molecule has 0 bridgehead atoms. The predicted molar refractivity (Wildman–Crippen MR) is 135 cm³/mol. The molecule has 1 unspecified atom stereocenters. The average Bonchev–Trinajstić information content (AvgIpc) is 3.39. The van der Waals surface area contributed by atoms with Gasteiger partial charge in [0.1, 0.15) is 0 Å². The van der Waals surface area contributed by atoms with Crippen molar-refractivity contribution in [1.82, 2.24) is 14.8 Å². The first-order valence-electron chi connectivity index (χ1n) is 11.1. The summed E-state index contributed by atoms with van der Waals surface area (Å²) < 4.78 is 5.78. The van der Waals surface area contributed by atoms with Crippen LogP contribution in [0.1, 0.15) is 32.5 Å². The Morgan fingerprint density at radius 2 is 1.57 bits per heavy atom. The van der Waals surface area contributed by atoms with Crippen molar-refractivity contribution >= 4 is 35.0 Å². The monoisotopic (exact) mass is 505 g/mol. The summed E-state index contributed by atoms with van der Waals surface area (Å²) in [5.74, 6) is 0.0810. The van der Waals surface area contributed by atoms with E-state index in [2.05, 4.69) is 4.98 Å². The van der Waals surface area contributed by atoms with Crippen LogP contribution in [0.5, 0.6) is 0 Å². The highest BCUT2D eigenvalue weighted by atomic mass is 35.5. The number of aromatic nitrogens is 1. The molecule has 0 saturated carbocycles. The van der Waals surface area contributed by atoms with Gasteiger partial charge < -0.3 is 14.2 Å². The maximum absolute atomic E-state index is 13.5. The summed E-state index contributed by atoms with van der Waals surface area (Å²) in [5, 5.41) is 0.984. The summed E-state index contributed by atoms with van der Waals surface area (Å²) in [6.07, 6.45) is 1.45. The first-order valence-corrected chi connectivity index (χ1v) is 11.9. The van der Waals surface area contributed by atoms with Crippen molar-refractivity contribution in [3.8, 4) is 11.5 Å². The fourth-order valence-electron chi connectivity index (χ4n) is 4.21. The van der Waals surface area contributed by atoms with Crippen LogP contribution in [-0.2, 0) is 0 Å². The van der Waals surface area contributed by atoms with E-state index in [0.29, 0.717) is 34.6 Å². The highest BCUT2D eigenvalue weighted by Gasteiger charge is 2.35. The molecule has 1 aliphatic rings. The average molecular weight is 506 g/mol. The third kappa shape index (κ3) is 4.81. The number of carbonyl (C=O) groups excluding carboxylic acids is 2. The van der Waals surface area contributed by atoms with Crippen LogP contribution < -0.4 is 0 Å². The predicted octanol–water partition coefficient (Wildman–Crippen LogP) is 5.99. The number of oxazole rings is 1. The van der Waals surface area contributed by atoms with Gasteiger partial charge in [0.2, 0.25) is 11.7 Å². The number of nitrogens with zero attached hydrogens (tertiary/aromatic N) is 3. The molecular formula is C27H21Cl2N3O3. The molecule has 1 aliphatic heterocycles. The maximum atomic E-state index is 13.5. The minimum absolute atomic E-state index is 0.157. The third-order valence-electron chi connectivity index (χ3n) is 6.02. The van der Waals surface area contributed by atoms with Crippen molar-refractivity contribution in [2.45, 2.75) is 6.04 Å². The van der Waals surface area contributed by atoms with Gasteiger partial charge in [-0.25, -0.2) is 4.98 Å². The van der Waals surface area contributed by atoms with Gasteiger partial charge in [0.25, 0.3) is 11.8 Å². The molecule has 3 aromatic carbocycles. The minimum atomic E-state index is -0.384. The first-order chi connectivity index (χ1) is 17.0. The van der Waals surface area contributed by atoms with Crippen molar-refractivity contribution in [3.05, 3.63) is 112 Å². The molecule has 1 saturated heterocycles. The molecule has 1 atom stereocenters. The highest BCUT2D eigenvalue weighted by Crippen LogP contribution is 2.31. The first kappa shape index (κ1) is 23.1. The Labute approximate surface area is 212 Å². The van der Waals surface area contributed by atoms with Gasteiger partial charge in [-0.15, -0.1) is 0 Å². The zero-order valence-electron chi connectivity index (χ0n) is 18.6. The van der Waals surface area contributed by atoms with Gasteiger partial charge in [0, 0.05) is 30.2 Å². The second-order valence-electron chi connectivity index (χ2n) is 8.19. The van der Waals surface area contributed by atoms with Gasteiger partial charge in [0.15, 0.2) is 0 Å². The Kier molecular flexibility index (Phi) is 6.57. The summed E-state index contributed by atoms with van der Waals surface area (Å²) in [6, 6.07) is 23.3. The molecule has 8 heteroatoms. The van der Waals surface area contributed by atoms with Gasteiger partial charge in [-0.05, 0) is 42.0 Å². The number of benzene rings is 3. The Hall–Kier alpha value is -3.61. The summed E-state index contributed by atoms with van der Waals surface area (Å²) in [6.45, 7) is 0.973. The van der Waals surface area contributed by atoms with E-state index in [9.17, 15) is 9.59 Å². The lowest BCUT2D eigenvalue weighted by molar-refractivity contribution is 0.0369. The normalized spacial score (nSPS) is 15.8. The van der Waals surface area contributed by atoms with Crippen molar-refractivity contribution in [2.75, 3.05) is 19.6 Å². The topological polar surface area (TPSA) is 66.7 Å². The minimum Gasteiger partial charge on any atom is -0.431 e. The molecule has 35 heavy (non-hydrogen) atoms. The second kappa shape index (κ2) is 9.94. The molecule has 6 nitrogen and oxygen atoms in total. The van der Waals surface area contributed by atoms with E-state index in [1.807, 2.05) is 42.5 Å². The number of hydrogen-bond acceptors (Lipinski definition) is 4. The number of rotatable bonds is 4. The van der Waals surface area contributed by atoms with Crippen LogP contribution in [0.15, 0.2) is 89.5 Å². The molecule has 0 spiro atoms. The SMILES string of the molecule is O=C(c1cnc(-c2ccccc2)o1)N1CCN(C(=O)c2ccccc2Cl)C(c2ccc(Cl)cc2)C1. The van der Waals surface area contributed by atoms with E-state index in [4.69, 9.17) is 27.6 Å². The maximum Gasteiger partial charge on any atom is 0.291 e. The van der Waals surface area contributed by atoms with Gasteiger partial charge in [-0.3, -0.25) is 9.59 Å². The quantitative estimate of drug-likeness (QED) is 0.341. The van der Waals surface area contributed by atoms with Crippen LogP contribution in [0.4, 0.5) is 0 Å². The third-order valence-corrected chi connectivity index (χ3v) is 6.61. The van der Waals surface area contributed by atoms with Crippen molar-refractivity contribution in [1.29, 1.82) is 0 Å². The van der Waals surface area contributed by atoms with Gasteiger partial charge >= 0.3 is 0 Å². The molecule has 1 aromatic heterocycles. The summed E-state index contributed by atoms with van der Waals surface area (Å²) >= 11 is 12.4. The van der Waals surface area contributed by atoms with E-state index in [1.54, 1.807) is 46.2 Å². The lowest BCUT2D eigenvalue weighted by atomic mass is 10.0. The number of halogens is 2. The summed E-state index contributed by atoms with van der Waals surface area (Å²) in [5.41, 5.74) is 2.09. The molecule has 2 heterocycles. The van der Waals surface area contributed by atoms with E-state index in [0.717, 1.165) is 11.1 Å². The highest BCUT2D eigenvalue weighted by molar-refractivity contribution is 6.33. The zero-order valence-corrected chi connectivity index (χ0v) is 20.1. The van der Waals surface area contributed by atoms with Crippen molar-refractivity contribution in [3.63, 3.8) is 0 Å². The Morgan fingerprint density at radius 1 is 0.857 bits per heavy atom. The summed E-state index contributed by atoms with van der Waals surface area (Å²) in [4.78, 5) is 34.5. The Bertz CT molecular complexity index is 1360. The standard InChI is InChI=1S/C27H21Cl2N3O3/c28-20-12-10-18(11-13-20)23-17-31(14-15-32(23)26(33)21-8-4-5-9-22(21)29)27(34)24-16-30-25(35-24)19-6-2-1-3-7-19/h1-13,16,23H,14-15,17H2. The van der Waals surface area contributed by atoms with Crippen LogP contribution in [0.25, 0.3) is 11.5 Å². The molecule has 0 radical (unpaired) electrons. The van der Waals surface area contributed by atoms with Crippen LogP contribution in [0, 0.1) is 0 Å².